The third-order valence-corrected chi connectivity index (χ3v) is 2.85. The van der Waals surface area contributed by atoms with Crippen molar-refractivity contribution in [3.05, 3.63) is 27.4 Å². The zero-order valence-corrected chi connectivity index (χ0v) is 10.5. The summed E-state index contributed by atoms with van der Waals surface area (Å²) in [6.45, 7) is 2.55. The lowest BCUT2D eigenvalue weighted by atomic mass is 10.1. The number of amides is 1. The molecule has 1 aliphatic heterocycles. The lowest BCUT2D eigenvalue weighted by Crippen LogP contribution is -2.27. The summed E-state index contributed by atoms with van der Waals surface area (Å²) < 4.78 is 0. The van der Waals surface area contributed by atoms with Crippen LogP contribution < -0.4 is 4.90 Å². The zero-order valence-electron chi connectivity index (χ0n) is 9.75. The Hall–Kier alpha value is -1.85. The summed E-state index contributed by atoms with van der Waals surface area (Å²) in [5.74, 6) is 0.250. The molecule has 1 unspecified atom stereocenters. The van der Waals surface area contributed by atoms with Crippen LogP contribution in [0, 0.1) is 12.8 Å². The number of nitrogens with zero attached hydrogens (tertiary/aromatic N) is 6. The molecule has 1 aromatic heterocycles. The van der Waals surface area contributed by atoms with E-state index in [-0.39, 0.29) is 11.8 Å². The van der Waals surface area contributed by atoms with Gasteiger partial charge >= 0.3 is 0 Å². The highest BCUT2D eigenvalue weighted by Gasteiger charge is 2.31. The Morgan fingerprint density at radius 3 is 3.11 bits per heavy atom. The molecule has 2 heterocycles. The summed E-state index contributed by atoms with van der Waals surface area (Å²) in [4.78, 5) is 24.2. The van der Waals surface area contributed by atoms with Gasteiger partial charge < -0.3 is 0 Å². The van der Waals surface area contributed by atoms with Gasteiger partial charge in [-0.05, 0) is 24.4 Å². The number of azide groups is 1. The topological polar surface area (TPSA) is 94.9 Å². The molecular formula is C10H11ClN6O. The summed E-state index contributed by atoms with van der Waals surface area (Å²) in [7, 11) is 0. The molecule has 1 saturated heterocycles. The van der Waals surface area contributed by atoms with Gasteiger partial charge in [0, 0.05) is 30.1 Å². The number of hydrogen-bond donors (Lipinski definition) is 0. The van der Waals surface area contributed by atoms with Crippen LogP contribution in [0.5, 0.6) is 0 Å². The predicted octanol–water partition coefficient (Wildman–Crippen LogP) is 2.10. The van der Waals surface area contributed by atoms with Crippen LogP contribution in [0.1, 0.15) is 12.1 Å². The fraction of sp³-hybridized carbons (Fsp3) is 0.500. The normalized spacial score (nSPS) is 18.9. The lowest BCUT2D eigenvalue weighted by Gasteiger charge is -2.14. The van der Waals surface area contributed by atoms with Crippen molar-refractivity contribution >= 4 is 23.5 Å². The highest BCUT2D eigenvalue weighted by molar-refractivity contribution is 6.29. The van der Waals surface area contributed by atoms with E-state index < -0.39 is 0 Å². The molecule has 1 fully saturated rings. The number of aryl methyl sites for hydroxylation is 1. The van der Waals surface area contributed by atoms with Crippen molar-refractivity contribution in [2.75, 3.05) is 18.0 Å². The number of carbonyl (C=O) groups excluding carboxylic acids is 1. The number of anilines is 1. The molecule has 1 aliphatic rings. The van der Waals surface area contributed by atoms with Crippen LogP contribution in [0.25, 0.3) is 10.4 Å². The molecule has 0 aliphatic carbocycles. The third-order valence-electron chi connectivity index (χ3n) is 2.66. The van der Waals surface area contributed by atoms with E-state index in [0.717, 1.165) is 0 Å². The number of rotatable bonds is 3. The van der Waals surface area contributed by atoms with E-state index in [1.165, 1.54) is 4.90 Å². The fourth-order valence-corrected chi connectivity index (χ4v) is 2.12. The molecule has 0 aromatic carbocycles. The van der Waals surface area contributed by atoms with Crippen LogP contribution in [0.15, 0.2) is 11.2 Å². The SMILES string of the molecule is Cc1cc(Cl)nc(N2CC(CN=[N+]=[N-])CC2=O)n1. The van der Waals surface area contributed by atoms with E-state index in [1.807, 2.05) is 0 Å². The highest BCUT2D eigenvalue weighted by Crippen LogP contribution is 2.23. The molecule has 1 aromatic rings. The predicted molar refractivity (Wildman–Crippen MR) is 66.3 cm³/mol. The van der Waals surface area contributed by atoms with Crippen LogP contribution >= 0.6 is 11.6 Å². The standard InChI is InChI=1S/C10H11ClN6O/c1-6-2-8(11)15-10(14-6)17-5-7(3-9(17)18)4-13-16-12/h2,7H,3-5H2,1H3. The third kappa shape index (κ3) is 2.69. The maximum absolute atomic E-state index is 11.8. The minimum absolute atomic E-state index is 0.0105. The van der Waals surface area contributed by atoms with Gasteiger partial charge in [0.05, 0.1) is 0 Å². The van der Waals surface area contributed by atoms with Gasteiger partial charge in [-0.3, -0.25) is 9.69 Å². The van der Waals surface area contributed by atoms with Crippen molar-refractivity contribution in [3.63, 3.8) is 0 Å². The monoisotopic (exact) mass is 266 g/mol. The smallest absolute Gasteiger partial charge is 0.233 e. The average Bonchev–Trinajstić information content (AvgIpc) is 2.66. The van der Waals surface area contributed by atoms with Gasteiger partial charge in [0.1, 0.15) is 5.15 Å². The van der Waals surface area contributed by atoms with E-state index in [9.17, 15) is 4.79 Å². The maximum atomic E-state index is 11.8. The summed E-state index contributed by atoms with van der Waals surface area (Å²) in [5, 5.41) is 3.80. The molecule has 7 nitrogen and oxygen atoms in total. The minimum atomic E-state index is -0.0743. The molecule has 0 saturated carbocycles. The van der Waals surface area contributed by atoms with Crippen LogP contribution in [0.4, 0.5) is 5.95 Å². The van der Waals surface area contributed by atoms with Crippen molar-refractivity contribution in [1.82, 2.24) is 9.97 Å². The van der Waals surface area contributed by atoms with Gasteiger partial charge in [0.25, 0.3) is 0 Å². The number of hydrogen-bond acceptors (Lipinski definition) is 4. The van der Waals surface area contributed by atoms with Gasteiger partial charge in [-0.25, -0.2) is 9.97 Å². The first-order chi connectivity index (χ1) is 8.60. The summed E-state index contributed by atoms with van der Waals surface area (Å²) in [5.41, 5.74) is 8.97. The Balaban J connectivity index is 2.18. The van der Waals surface area contributed by atoms with Crippen LogP contribution in [-0.4, -0.2) is 29.0 Å². The molecule has 8 heteroatoms. The molecule has 1 amide bonds. The van der Waals surface area contributed by atoms with Crippen LogP contribution in [0.3, 0.4) is 0 Å². The largest absolute Gasteiger partial charge is 0.280 e. The Labute approximate surface area is 108 Å². The first-order valence-corrected chi connectivity index (χ1v) is 5.80. The van der Waals surface area contributed by atoms with Crippen molar-refractivity contribution in [1.29, 1.82) is 0 Å². The highest BCUT2D eigenvalue weighted by atomic mass is 35.5. The zero-order chi connectivity index (χ0) is 13.1. The molecule has 18 heavy (non-hydrogen) atoms. The number of aromatic nitrogens is 2. The molecule has 1 atom stereocenters. The van der Waals surface area contributed by atoms with Crippen LogP contribution in [-0.2, 0) is 4.79 Å². The van der Waals surface area contributed by atoms with E-state index in [2.05, 4.69) is 20.0 Å². The van der Waals surface area contributed by atoms with Crippen molar-refractivity contribution in [2.45, 2.75) is 13.3 Å². The first-order valence-electron chi connectivity index (χ1n) is 5.42. The first kappa shape index (κ1) is 12.6. The number of halogens is 1. The van der Waals surface area contributed by atoms with E-state index in [1.54, 1.807) is 13.0 Å². The molecule has 0 N–H and O–H groups in total. The van der Waals surface area contributed by atoms with Crippen molar-refractivity contribution in [3.8, 4) is 0 Å². The Kier molecular flexibility index (Phi) is 3.64. The Bertz CT molecular complexity index is 507. The summed E-state index contributed by atoms with van der Waals surface area (Å²) in [6.07, 6.45) is 0.341. The van der Waals surface area contributed by atoms with E-state index in [4.69, 9.17) is 17.1 Å². The summed E-state index contributed by atoms with van der Waals surface area (Å²) in [6, 6.07) is 1.63. The van der Waals surface area contributed by atoms with Gasteiger partial charge in [-0.15, -0.1) is 0 Å². The van der Waals surface area contributed by atoms with E-state index >= 15 is 0 Å². The lowest BCUT2D eigenvalue weighted by molar-refractivity contribution is -0.117. The Morgan fingerprint density at radius 1 is 1.67 bits per heavy atom. The van der Waals surface area contributed by atoms with Gasteiger partial charge in [0.15, 0.2) is 0 Å². The molecule has 0 spiro atoms. The second-order valence-electron chi connectivity index (χ2n) is 4.12. The molecule has 94 valence electrons. The van der Waals surface area contributed by atoms with Gasteiger partial charge in [-0.1, -0.05) is 16.7 Å². The maximum Gasteiger partial charge on any atom is 0.233 e. The van der Waals surface area contributed by atoms with Gasteiger partial charge in [0.2, 0.25) is 11.9 Å². The molecular weight excluding hydrogens is 256 g/mol. The number of carbonyl (C=O) groups is 1. The average molecular weight is 267 g/mol. The molecule has 0 radical (unpaired) electrons. The fourth-order valence-electron chi connectivity index (χ4n) is 1.89. The van der Waals surface area contributed by atoms with Crippen molar-refractivity contribution < 1.29 is 4.79 Å². The minimum Gasteiger partial charge on any atom is -0.280 e. The van der Waals surface area contributed by atoms with Gasteiger partial charge in [-0.2, -0.15) is 0 Å². The Morgan fingerprint density at radius 2 is 2.44 bits per heavy atom. The van der Waals surface area contributed by atoms with Crippen LogP contribution in [0.2, 0.25) is 5.15 Å². The molecule has 0 bridgehead atoms. The van der Waals surface area contributed by atoms with E-state index in [0.29, 0.717) is 36.3 Å². The summed E-state index contributed by atoms with van der Waals surface area (Å²) >= 11 is 5.84. The molecule has 2 rings (SSSR count). The quantitative estimate of drug-likeness (QED) is 0.363. The second kappa shape index (κ2) is 5.20. The van der Waals surface area contributed by atoms with Crippen molar-refractivity contribution in [2.24, 2.45) is 11.0 Å². The second-order valence-corrected chi connectivity index (χ2v) is 4.51.